The summed E-state index contributed by atoms with van der Waals surface area (Å²) in [5.74, 6) is -3.27. The number of aliphatic imine (C=N–C) groups is 1. The summed E-state index contributed by atoms with van der Waals surface area (Å²) < 4.78 is 70.1. The summed E-state index contributed by atoms with van der Waals surface area (Å²) in [6.45, 7) is 2.35. The van der Waals surface area contributed by atoms with Gasteiger partial charge in [-0.3, -0.25) is 9.79 Å². The zero-order valence-corrected chi connectivity index (χ0v) is 23.0. The van der Waals surface area contributed by atoms with Crippen molar-refractivity contribution in [1.82, 2.24) is 14.5 Å². The van der Waals surface area contributed by atoms with E-state index in [2.05, 4.69) is 5.32 Å². The van der Waals surface area contributed by atoms with Crippen molar-refractivity contribution in [2.45, 2.75) is 67.6 Å². The highest BCUT2D eigenvalue weighted by atomic mass is 35.5. The van der Waals surface area contributed by atoms with Crippen LogP contribution in [0.3, 0.4) is 0 Å². The van der Waals surface area contributed by atoms with Crippen molar-refractivity contribution >= 4 is 33.4 Å². The molecule has 7 rings (SSSR count). The molecule has 0 unspecified atom stereocenters. The van der Waals surface area contributed by atoms with Crippen LogP contribution in [0.4, 0.5) is 13.2 Å². The predicted molar refractivity (Wildman–Crippen MR) is 140 cm³/mol. The molecule has 0 radical (unpaired) electrons. The second-order valence-electron chi connectivity index (χ2n) is 11.8. The molecule has 1 amide bonds. The molecule has 2 aromatic rings. The first-order valence-corrected chi connectivity index (χ1v) is 14.5. The molecular weight excluding hydrogens is 553 g/mol. The number of benzene rings is 2. The molecule has 5 aliphatic rings. The van der Waals surface area contributed by atoms with Crippen LogP contribution in [0, 0.1) is 11.2 Å². The standard InChI is InChI=1S/C27H28ClF3N4O3S/c1-24(2)21(22(36)34-15-27(30,31)16-34)32-23(33-24)25-12-26(13-25,14-25)35(11-17-8-9-19(28)20(29)10-17)39(37,38)18-6-4-3-5-7-18/h3-10,21H,11-16H2,1-2H3,(H,32,33)/t21-,25?,26?/m0/s1. The predicted octanol–water partition coefficient (Wildman–Crippen LogP) is 4.22. The molecule has 0 aromatic heterocycles. The van der Waals surface area contributed by atoms with Gasteiger partial charge in [-0.1, -0.05) is 35.9 Å². The first-order valence-electron chi connectivity index (χ1n) is 12.7. The van der Waals surface area contributed by atoms with Crippen LogP contribution in [0.2, 0.25) is 5.02 Å². The summed E-state index contributed by atoms with van der Waals surface area (Å²) in [5.41, 5.74) is -1.48. The van der Waals surface area contributed by atoms with Gasteiger partial charge in [-0.25, -0.2) is 21.6 Å². The van der Waals surface area contributed by atoms with Gasteiger partial charge in [0.05, 0.1) is 28.5 Å². The molecule has 208 valence electrons. The van der Waals surface area contributed by atoms with Gasteiger partial charge in [0, 0.05) is 17.5 Å². The molecule has 4 fully saturated rings. The third-order valence-electron chi connectivity index (χ3n) is 8.47. The number of amides is 1. The van der Waals surface area contributed by atoms with Gasteiger partial charge in [0.25, 0.3) is 5.92 Å². The molecule has 12 heteroatoms. The second-order valence-corrected chi connectivity index (χ2v) is 14.1. The van der Waals surface area contributed by atoms with E-state index in [4.69, 9.17) is 16.6 Å². The zero-order valence-electron chi connectivity index (χ0n) is 21.4. The van der Waals surface area contributed by atoms with Crippen molar-refractivity contribution in [1.29, 1.82) is 0 Å². The number of rotatable bonds is 7. The fourth-order valence-electron chi connectivity index (χ4n) is 6.47. The molecular formula is C27H28ClF3N4O3S. The van der Waals surface area contributed by atoms with Crippen molar-refractivity contribution in [3.63, 3.8) is 0 Å². The lowest BCUT2D eigenvalue weighted by atomic mass is 9.38. The Morgan fingerprint density at radius 3 is 2.36 bits per heavy atom. The number of nitrogens with zero attached hydrogens (tertiary/aromatic N) is 3. The molecule has 3 aliphatic carbocycles. The maximum atomic E-state index is 14.2. The minimum absolute atomic E-state index is 0.0307. The number of carbonyl (C=O) groups excluding carboxylic acids is 1. The summed E-state index contributed by atoms with van der Waals surface area (Å²) in [6.07, 6.45) is 1.44. The van der Waals surface area contributed by atoms with Gasteiger partial charge in [-0.15, -0.1) is 0 Å². The summed E-state index contributed by atoms with van der Waals surface area (Å²) in [6, 6.07) is 11.6. The van der Waals surface area contributed by atoms with E-state index in [0.717, 1.165) is 4.90 Å². The molecule has 1 atom stereocenters. The van der Waals surface area contributed by atoms with Crippen LogP contribution < -0.4 is 5.32 Å². The quantitative estimate of drug-likeness (QED) is 0.532. The number of sulfonamides is 1. The van der Waals surface area contributed by atoms with Gasteiger partial charge < -0.3 is 10.2 Å². The maximum absolute atomic E-state index is 14.2. The molecule has 1 saturated heterocycles. The lowest BCUT2D eigenvalue weighted by Gasteiger charge is -2.72. The summed E-state index contributed by atoms with van der Waals surface area (Å²) in [7, 11) is -3.93. The Hall–Kier alpha value is -2.63. The molecule has 2 aromatic carbocycles. The fourth-order valence-corrected chi connectivity index (χ4v) is 8.36. The lowest BCUT2D eigenvalue weighted by Crippen LogP contribution is -2.78. The van der Waals surface area contributed by atoms with E-state index in [1.807, 2.05) is 0 Å². The largest absolute Gasteiger partial charge is 0.360 e. The SMILES string of the molecule is CC1(C)N=C(C23CC(N(Cc4ccc(Cl)c(F)c4)S(=O)(=O)c4ccccc4)(C2)C3)N[C@H]1C(=O)N1CC(F)(F)C1. The summed E-state index contributed by atoms with van der Waals surface area (Å²) in [5, 5.41) is 3.17. The Kier molecular flexibility index (Phi) is 5.75. The number of amidine groups is 1. The number of hydrogen-bond acceptors (Lipinski definition) is 5. The third-order valence-corrected chi connectivity index (χ3v) is 10.7. The molecule has 39 heavy (non-hydrogen) atoms. The van der Waals surface area contributed by atoms with Crippen molar-refractivity contribution in [3.8, 4) is 0 Å². The molecule has 2 aliphatic heterocycles. The normalized spacial score (nSPS) is 30.1. The third kappa shape index (κ3) is 4.15. The summed E-state index contributed by atoms with van der Waals surface area (Å²) in [4.78, 5) is 19.0. The number of likely N-dealkylation sites (tertiary alicyclic amines) is 1. The van der Waals surface area contributed by atoms with Crippen LogP contribution >= 0.6 is 11.6 Å². The summed E-state index contributed by atoms with van der Waals surface area (Å²) >= 11 is 5.84. The minimum atomic E-state index is -3.93. The average molecular weight is 581 g/mol. The number of nitrogens with one attached hydrogen (secondary N) is 1. The zero-order chi connectivity index (χ0) is 28.0. The van der Waals surface area contributed by atoms with Crippen LogP contribution in [0.15, 0.2) is 58.4 Å². The van der Waals surface area contributed by atoms with Crippen LogP contribution in [0.25, 0.3) is 0 Å². The number of hydrogen-bond donors (Lipinski definition) is 1. The molecule has 2 bridgehead atoms. The fraction of sp³-hybridized carbons (Fsp3) is 0.481. The van der Waals surface area contributed by atoms with Gasteiger partial charge in [0.2, 0.25) is 15.9 Å². The lowest BCUT2D eigenvalue weighted by molar-refractivity contribution is -0.168. The Balaban J connectivity index is 1.24. The van der Waals surface area contributed by atoms with Crippen molar-refractivity contribution in [2.24, 2.45) is 10.4 Å². The second kappa shape index (κ2) is 8.44. The Morgan fingerprint density at radius 2 is 1.77 bits per heavy atom. The van der Waals surface area contributed by atoms with Crippen molar-refractivity contribution in [2.75, 3.05) is 13.1 Å². The molecule has 2 heterocycles. The van der Waals surface area contributed by atoms with E-state index >= 15 is 0 Å². The Bertz CT molecular complexity index is 1470. The maximum Gasteiger partial charge on any atom is 0.282 e. The van der Waals surface area contributed by atoms with E-state index < -0.39 is 63.3 Å². The topological polar surface area (TPSA) is 82.1 Å². The molecule has 0 spiro atoms. The van der Waals surface area contributed by atoms with Crippen LogP contribution in [-0.4, -0.2) is 65.5 Å². The van der Waals surface area contributed by atoms with Crippen LogP contribution in [0.1, 0.15) is 38.7 Å². The Labute approximate surface area is 230 Å². The average Bonchev–Trinajstić information content (AvgIpc) is 3.12. The monoisotopic (exact) mass is 580 g/mol. The number of carbonyl (C=O) groups is 1. The number of alkyl halides is 2. The highest BCUT2D eigenvalue weighted by molar-refractivity contribution is 7.89. The van der Waals surface area contributed by atoms with E-state index in [0.29, 0.717) is 30.7 Å². The van der Waals surface area contributed by atoms with Gasteiger partial charge in [-0.2, -0.15) is 4.31 Å². The van der Waals surface area contributed by atoms with Crippen molar-refractivity contribution < 1.29 is 26.4 Å². The highest BCUT2D eigenvalue weighted by Crippen LogP contribution is 2.71. The number of halogens is 4. The molecule has 3 saturated carbocycles. The highest BCUT2D eigenvalue weighted by Gasteiger charge is 2.75. The van der Waals surface area contributed by atoms with Gasteiger partial charge in [-0.05, 0) is 62.9 Å². The van der Waals surface area contributed by atoms with E-state index in [1.165, 1.54) is 28.6 Å². The first-order chi connectivity index (χ1) is 18.2. The van der Waals surface area contributed by atoms with Crippen LogP contribution in [0.5, 0.6) is 0 Å². The Morgan fingerprint density at radius 1 is 1.13 bits per heavy atom. The smallest absolute Gasteiger partial charge is 0.282 e. The molecule has 1 N–H and O–H groups in total. The van der Waals surface area contributed by atoms with Gasteiger partial charge >= 0.3 is 0 Å². The van der Waals surface area contributed by atoms with Crippen molar-refractivity contribution in [3.05, 3.63) is 64.9 Å². The van der Waals surface area contributed by atoms with E-state index in [-0.39, 0.29) is 16.5 Å². The molecule has 7 nitrogen and oxygen atoms in total. The van der Waals surface area contributed by atoms with Gasteiger partial charge in [0.15, 0.2) is 0 Å². The van der Waals surface area contributed by atoms with Gasteiger partial charge in [0.1, 0.15) is 17.7 Å². The van der Waals surface area contributed by atoms with E-state index in [1.54, 1.807) is 38.1 Å². The van der Waals surface area contributed by atoms with Crippen LogP contribution in [-0.2, 0) is 21.4 Å². The first kappa shape index (κ1) is 26.6. The van der Waals surface area contributed by atoms with E-state index in [9.17, 15) is 26.4 Å². The minimum Gasteiger partial charge on any atom is -0.360 e.